The topological polar surface area (TPSA) is 17.1 Å². The molecular formula is C12H7BrClFOS. The smallest absolute Gasteiger partial charge is 0.169 e. The molecule has 0 bridgehead atoms. The number of carbonyl (C=O) groups is 1. The molecule has 2 aromatic rings. The summed E-state index contributed by atoms with van der Waals surface area (Å²) < 4.78 is 14.2. The van der Waals surface area contributed by atoms with Crippen molar-refractivity contribution in [3.63, 3.8) is 0 Å². The first-order valence-electron chi connectivity index (χ1n) is 4.79. The van der Waals surface area contributed by atoms with Crippen molar-refractivity contribution in [3.05, 3.63) is 55.4 Å². The first-order valence-corrected chi connectivity index (χ1v) is 6.78. The van der Waals surface area contributed by atoms with E-state index in [9.17, 15) is 9.18 Å². The Hall–Kier alpha value is -0.710. The predicted octanol–water partition coefficient (Wildman–Crippen LogP) is 4.73. The van der Waals surface area contributed by atoms with E-state index < -0.39 is 5.82 Å². The van der Waals surface area contributed by atoms with E-state index in [0.29, 0.717) is 0 Å². The molecule has 5 heteroatoms. The lowest BCUT2D eigenvalue weighted by Gasteiger charge is -2.02. The van der Waals surface area contributed by atoms with Crippen LogP contribution in [0.1, 0.15) is 15.2 Å². The second-order valence-electron chi connectivity index (χ2n) is 3.41. The van der Waals surface area contributed by atoms with Crippen LogP contribution in [-0.2, 0) is 6.42 Å². The van der Waals surface area contributed by atoms with Crippen molar-refractivity contribution in [2.75, 3.05) is 0 Å². The van der Waals surface area contributed by atoms with Gasteiger partial charge in [-0.3, -0.25) is 4.79 Å². The van der Waals surface area contributed by atoms with Gasteiger partial charge in [0.05, 0.1) is 8.81 Å². The lowest BCUT2D eigenvalue weighted by molar-refractivity contribution is 0.0993. The normalized spacial score (nSPS) is 10.5. The molecule has 1 nitrogen and oxygen atoms in total. The number of rotatable bonds is 3. The quantitative estimate of drug-likeness (QED) is 0.742. The minimum absolute atomic E-state index is 0.104. The van der Waals surface area contributed by atoms with Gasteiger partial charge in [0, 0.05) is 16.9 Å². The number of carbonyl (C=O) groups excluding carboxylic acids is 1. The lowest BCUT2D eigenvalue weighted by atomic mass is 10.1. The summed E-state index contributed by atoms with van der Waals surface area (Å²) in [6, 6.07) is 8.00. The molecule has 0 saturated heterocycles. The van der Waals surface area contributed by atoms with Gasteiger partial charge in [-0.25, -0.2) is 4.39 Å². The fourth-order valence-electron chi connectivity index (χ4n) is 1.42. The molecule has 0 radical (unpaired) electrons. The Morgan fingerprint density at radius 2 is 2.12 bits per heavy atom. The van der Waals surface area contributed by atoms with E-state index in [1.54, 1.807) is 0 Å². The van der Waals surface area contributed by atoms with E-state index in [2.05, 4.69) is 15.9 Å². The Morgan fingerprint density at radius 3 is 2.76 bits per heavy atom. The summed E-state index contributed by atoms with van der Waals surface area (Å²) in [4.78, 5) is 12.9. The summed E-state index contributed by atoms with van der Waals surface area (Å²) in [5, 5.41) is -0.104. The minimum atomic E-state index is -0.565. The molecule has 0 aliphatic carbocycles. The molecule has 0 aliphatic heterocycles. The number of Topliss-reactive ketones (excluding diaryl/α,β-unsaturated/α-hetero) is 1. The Bertz CT molecular complexity index is 567. The van der Waals surface area contributed by atoms with Gasteiger partial charge < -0.3 is 0 Å². The monoisotopic (exact) mass is 332 g/mol. The predicted molar refractivity (Wildman–Crippen MR) is 71.5 cm³/mol. The van der Waals surface area contributed by atoms with Gasteiger partial charge in [0.25, 0.3) is 0 Å². The van der Waals surface area contributed by atoms with Gasteiger partial charge in [-0.05, 0) is 40.2 Å². The first-order chi connectivity index (χ1) is 8.08. The largest absolute Gasteiger partial charge is 0.294 e. The average molecular weight is 334 g/mol. The maximum Gasteiger partial charge on any atom is 0.169 e. The Balaban J connectivity index is 2.23. The van der Waals surface area contributed by atoms with Crippen LogP contribution in [0.5, 0.6) is 0 Å². The highest BCUT2D eigenvalue weighted by atomic mass is 79.9. The van der Waals surface area contributed by atoms with Gasteiger partial charge >= 0.3 is 0 Å². The van der Waals surface area contributed by atoms with Crippen LogP contribution < -0.4 is 0 Å². The van der Waals surface area contributed by atoms with E-state index in [1.165, 1.54) is 29.5 Å². The number of hydrogen-bond acceptors (Lipinski definition) is 2. The van der Waals surface area contributed by atoms with Crippen LogP contribution in [0.4, 0.5) is 4.39 Å². The van der Waals surface area contributed by atoms with E-state index in [-0.39, 0.29) is 22.8 Å². The molecule has 0 aliphatic rings. The van der Waals surface area contributed by atoms with Crippen molar-refractivity contribution in [1.82, 2.24) is 0 Å². The summed E-state index contributed by atoms with van der Waals surface area (Å²) in [5.41, 5.74) is 0.233. The maximum atomic E-state index is 13.2. The van der Waals surface area contributed by atoms with Gasteiger partial charge in [-0.1, -0.05) is 17.7 Å². The van der Waals surface area contributed by atoms with E-state index in [0.717, 1.165) is 8.66 Å². The van der Waals surface area contributed by atoms with Crippen LogP contribution >= 0.6 is 38.9 Å². The average Bonchev–Trinajstić information content (AvgIpc) is 2.68. The molecule has 0 amide bonds. The molecule has 0 atom stereocenters. The van der Waals surface area contributed by atoms with Crippen molar-refractivity contribution in [3.8, 4) is 0 Å². The SMILES string of the molecule is O=C(Cc1ccc(Br)s1)c1cccc(F)c1Cl. The highest BCUT2D eigenvalue weighted by molar-refractivity contribution is 9.11. The molecule has 0 saturated carbocycles. The van der Waals surface area contributed by atoms with Crippen LogP contribution in [0.3, 0.4) is 0 Å². The molecule has 1 aromatic heterocycles. The number of thiophene rings is 1. The zero-order valence-electron chi connectivity index (χ0n) is 8.54. The molecule has 0 spiro atoms. The van der Waals surface area contributed by atoms with Gasteiger partial charge in [-0.2, -0.15) is 0 Å². The zero-order chi connectivity index (χ0) is 12.4. The molecule has 17 heavy (non-hydrogen) atoms. The maximum absolute atomic E-state index is 13.2. The first kappa shape index (κ1) is 12.7. The number of hydrogen-bond donors (Lipinski definition) is 0. The summed E-state index contributed by atoms with van der Waals surface area (Å²) >= 11 is 10.6. The van der Waals surface area contributed by atoms with Gasteiger partial charge in [-0.15, -0.1) is 11.3 Å². The molecule has 0 N–H and O–H groups in total. The van der Waals surface area contributed by atoms with E-state index in [4.69, 9.17) is 11.6 Å². The third-order valence-corrected chi connectivity index (χ3v) is 4.22. The van der Waals surface area contributed by atoms with Gasteiger partial charge in [0.1, 0.15) is 5.82 Å². The molecule has 0 unspecified atom stereocenters. The van der Waals surface area contributed by atoms with E-state index in [1.807, 2.05) is 12.1 Å². The second kappa shape index (κ2) is 5.29. The van der Waals surface area contributed by atoms with Gasteiger partial charge in [0.2, 0.25) is 0 Å². The molecule has 1 aromatic carbocycles. The van der Waals surface area contributed by atoms with Crippen molar-refractivity contribution in [2.45, 2.75) is 6.42 Å². The van der Waals surface area contributed by atoms with Crippen LogP contribution in [0.2, 0.25) is 5.02 Å². The Morgan fingerprint density at radius 1 is 1.35 bits per heavy atom. The Labute approximate surface area is 115 Å². The molecule has 88 valence electrons. The fourth-order valence-corrected chi connectivity index (χ4v) is 3.13. The minimum Gasteiger partial charge on any atom is -0.294 e. The van der Waals surface area contributed by atoms with Crippen LogP contribution in [0.15, 0.2) is 34.1 Å². The number of benzene rings is 1. The summed E-state index contributed by atoms with van der Waals surface area (Å²) in [7, 11) is 0. The van der Waals surface area contributed by atoms with Crippen LogP contribution in [0.25, 0.3) is 0 Å². The van der Waals surface area contributed by atoms with Crippen LogP contribution in [0, 0.1) is 5.82 Å². The Kier molecular flexibility index (Phi) is 3.97. The van der Waals surface area contributed by atoms with Gasteiger partial charge in [0.15, 0.2) is 5.78 Å². The van der Waals surface area contributed by atoms with Crippen LogP contribution in [-0.4, -0.2) is 5.78 Å². The molecule has 2 rings (SSSR count). The third kappa shape index (κ3) is 2.94. The highest BCUT2D eigenvalue weighted by Crippen LogP contribution is 2.25. The fraction of sp³-hybridized carbons (Fsp3) is 0.0833. The summed E-state index contributed by atoms with van der Waals surface area (Å²) in [6.45, 7) is 0. The lowest BCUT2D eigenvalue weighted by Crippen LogP contribution is -2.03. The number of ketones is 1. The van der Waals surface area contributed by atoms with Crippen molar-refractivity contribution in [2.24, 2.45) is 0 Å². The second-order valence-corrected chi connectivity index (χ2v) is 6.33. The summed E-state index contributed by atoms with van der Waals surface area (Å²) in [5.74, 6) is -0.742. The van der Waals surface area contributed by atoms with Crippen molar-refractivity contribution in [1.29, 1.82) is 0 Å². The molecule has 0 fully saturated rings. The number of halogens is 3. The van der Waals surface area contributed by atoms with Crippen molar-refractivity contribution < 1.29 is 9.18 Å². The zero-order valence-corrected chi connectivity index (χ0v) is 11.7. The standard InChI is InChI=1S/C12H7BrClFOS/c13-11-5-4-7(17-11)6-10(16)8-2-1-3-9(15)12(8)14/h1-5H,6H2. The molecular weight excluding hydrogens is 327 g/mol. The third-order valence-electron chi connectivity index (χ3n) is 2.22. The van der Waals surface area contributed by atoms with E-state index >= 15 is 0 Å². The molecule has 1 heterocycles. The summed E-state index contributed by atoms with van der Waals surface area (Å²) in [6.07, 6.45) is 0.236. The van der Waals surface area contributed by atoms with Crippen molar-refractivity contribution >= 4 is 44.7 Å². The highest BCUT2D eigenvalue weighted by Gasteiger charge is 2.14.